The van der Waals surface area contributed by atoms with Gasteiger partial charge in [0.05, 0.1) is 17.2 Å². The van der Waals surface area contributed by atoms with Crippen LogP contribution in [0.4, 0.5) is 4.39 Å². The molecule has 226 valence electrons. The number of aromatic nitrogens is 2. The lowest BCUT2D eigenvalue weighted by Gasteiger charge is -2.23. The van der Waals surface area contributed by atoms with Gasteiger partial charge in [-0.2, -0.15) is 0 Å². The van der Waals surface area contributed by atoms with E-state index in [0.29, 0.717) is 0 Å². The van der Waals surface area contributed by atoms with Gasteiger partial charge in [-0.1, -0.05) is 44.0 Å². The van der Waals surface area contributed by atoms with Crippen molar-refractivity contribution in [2.75, 3.05) is 13.7 Å². The van der Waals surface area contributed by atoms with E-state index in [4.69, 9.17) is 49.3 Å². The summed E-state index contributed by atoms with van der Waals surface area (Å²) in [5.74, 6) is -2.80. The molecule has 2 aromatic rings. The number of nitrogens with zero attached hydrogens (tertiary/aromatic N) is 1. The Morgan fingerprint density at radius 1 is 1.24 bits per heavy atom. The number of benzene rings is 1. The summed E-state index contributed by atoms with van der Waals surface area (Å²) in [6, 6.07) is 1.36. The van der Waals surface area contributed by atoms with Crippen LogP contribution in [0, 0.1) is 5.89 Å². The number of carbonyl (C=O) groups is 2. The highest BCUT2D eigenvalue weighted by Crippen LogP contribution is 2.36. The van der Waals surface area contributed by atoms with Crippen molar-refractivity contribution in [1.82, 2.24) is 14.9 Å². The number of amides is 1. The summed E-state index contributed by atoms with van der Waals surface area (Å²) in [4.78, 5) is 52.2. The quantitative estimate of drug-likeness (QED) is 0.319. The van der Waals surface area contributed by atoms with E-state index in [2.05, 4.69) is 10.3 Å². The van der Waals surface area contributed by atoms with Crippen LogP contribution in [0.1, 0.15) is 40.9 Å². The van der Waals surface area contributed by atoms with Gasteiger partial charge in [-0.05, 0) is 25.3 Å². The Kier molecular flexibility index (Phi) is 10.3. The number of alkyl halides is 1. The molecule has 15 heteroatoms. The van der Waals surface area contributed by atoms with Crippen LogP contribution in [0.25, 0.3) is 0 Å². The Balaban J connectivity index is 1.82. The van der Waals surface area contributed by atoms with Crippen LogP contribution >= 0.6 is 23.2 Å². The zero-order valence-electron chi connectivity index (χ0n) is 24.0. The summed E-state index contributed by atoms with van der Waals surface area (Å²) < 4.78 is 46.6. The monoisotopic (exact) mass is 619 g/mol. The highest BCUT2D eigenvalue weighted by atomic mass is 35.5. The normalized spacial score (nSPS) is 22.4. The number of carbonyl (C=O) groups excluding carboxylic acids is 2. The maximum atomic E-state index is 15.8. The first-order valence-electron chi connectivity index (χ1n) is 13.2. The molecule has 1 aromatic heterocycles. The lowest BCUT2D eigenvalue weighted by atomic mass is 10.1. The molecule has 41 heavy (non-hydrogen) atoms. The number of halogens is 3. The van der Waals surface area contributed by atoms with Crippen molar-refractivity contribution in [3.8, 4) is 11.5 Å². The van der Waals surface area contributed by atoms with E-state index in [0.717, 1.165) is 10.8 Å². The number of ether oxygens (including phenoxy) is 4. The fourth-order valence-electron chi connectivity index (χ4n) is 3.98. The Labute approximate surface area is 246 Å². The Hall–Kier alpha value is -3.13. The van der Waals surface area contributed by atoms with Crippen LogP contribution in [0.3, 0.4) is 0 Å². The summed E-state index contributed by atoms with van der Waals surface area (Å²) in [5.41, 5.74) is 4.45. The minimum absolute atomic E-state index is 0.115. The minimum atomic E-state index is -2.11. The Morgan fingerprint density at radius 2 is 1.90 bits per heavy atom. The second-order valence-electron chi connectivity index (χ2n) is 9.56. The molecule has 1 aliphatic rings. The lowest BCUT2D eigenvalue weighted by molar-refractivity contribution is -0.156. The predicted molar refractivity (Wildman–Crippen MR) is 148 cm³/mol. The van der Waals surface area contributed by atoms with Crippen molar-refractivity contribution in [3.63, 3.8) is 0 Å². The molecule has 1 saturated heterocycles. The van der Waals surface area contributed by atoms with Gasteiger partial charge in [-0.15, -0.1) is 0 Å². The lowest BCUT2D eigenvalue weighted by Crippen LogP contribution is -2.47. The van der Waals surface area contributed by atoms with Crippen molar-refractivity contribution < 1.29 is 34.3 Å². The van der Waals surface area contributed by atoms with Gasteiger partial charge in [0.15, 0.2) is 24.6 Å². The van der Waals surface area contributed by atoms with Crippen LogP contribution in [0.15, 0.2) is 27.9 Å². The van der Waals surface area contributed by atoms with Crippen molar-refractivity contribution in [1.29, 1.82) is 0 Å². The third kappa shape index (κ3) is 7.39. The third-order valence-electron chi connectivity index (χ3n) is 6.45. The zero-order chi connectivity index (χ0) is 31.5. The van der Waals surface area contributed by atoms with E-state index >= 15 is 4.39 Å². The predicted octanol–water partition coefficient (Wildman–Crippen LogP) is 2.13. The van der Waals surface area contributed by atoms with E-state index in [1.165, 1.54) is 40.0 Å². The molecule has 0 saturated carbocycles. The average molecular weight is 620 g/mol. The summed E-state index contributed by atoms with van der Waals surface area (Å²) >= 11 is 12.2. The molecular weight excluding hydrogens is 586 g/mol. The second-order valence-corrected chi connectivity index (χ2v) is 10.4. The molecule has 1 amide bonds. The molecule has 6 atom stereocenters. The molecule has 1 aromatic carbocycles. The largest absolute Gasteiger partial charge is 0.495 e. The third-order valence-corrected chi connectivity index (χ3v) is 7.04. The topological polar surface area (TPSA) is 164 Å². The van der Waals surface area contributed by atoms with Crippen LogP contribution in [0.2, 0.25) is 10.0 Å². The van der Waals surface area contributed by atoms with Gasteiger partial charge in [-0.3, -0.25) is 23.9 Å². The molecule has 0 bridgehead atoms. The number of H-pyrrole nitrogens is 1. The summed E-state index contributed by atoms with van der Waals surface area (Å²) in [6.07, 6.45) is -6.37. The van der Waals surface area contributed by atoms with E-state index < -0.39 is 65.8 Å². The second kappa shape index (κ2) is 13.7. The molecular formula is C26H33Cl2FN4O8. The van der Waals surface area contributed by atoms with Gasteiger partial charge in [0.25, 0.3) is 11.5 Å². The SMILES string of the molecule is [2H]C(C)(C)[C@H](N)C(=O)O[C@H]1[C@H](F)C(n2cc(CC)c(=O)[nH]c2=O)O[C@@H]1CNC(=O)[C@@H](C)Oc1cc(OC)c(Cl)cc1Cl. The van der Waals surface area contributed by atoms with Gasteiger partial charge in [-0.25, -0.2) is 9.18 Å². The Morgan fingerprint density at radius 3 is 2.51 bits per heavy atom. The number of nitrogens with two attached hydrogens (primary N) is 1. The fraction of sp³-hybridized carbons (Fsp3) is 0.538. The van der Waals surface area contributed by atoms with Gasteiger partial charge in [0.2, 0.25) is 0 Å². The standard InChI is InChI=1S/C26H33Cl2FN4O8/c1-6-13-10-33(26(37)32-23(13)35)24-19(29)21(41-25(36)20(30)11(2)3)18(40-24)9-31-22(34)12(4)39-17-8-16(38-5)14(27)7-15(17)28/h7-8,10-12,18-21,24H,6,9,30H2,1-5H3,(H,31,34)(H,32,35,37)/t12-,18-,19+,20+,21-,24?/m1/s1/i11D. The van der Waals surface area contributed by atoms with Gasteiger partial charge >= 0.3 is 11.7 Å². The molecule has 12 nitrogen and oxygen atoms in total. The van der Waals surface area contributed by atoms with E-state index in [1.54, 1.807) is 6.92 Å². The minimum Gasteiger partial charge on any atom is -0.495 e. The highest BCUT2D eigenvalue weighted by Gasteiger charge is 2.49. The number of rotatable bonds is 11. The number of aryl methyl sites for hydroxylation is 1. The van der Waals surface area contributed by atoms with Gasteiger partial charge in [0.1, 0.15) is 23.6 Å². The molecule has 1 aliphatic heterocycles. The summed E-state index contributed by atoms with van der Waals surface area (Å²) in [5, 5.41) is 2.91. The molecule has 0 aliphatic carbocycles. The maximum absolute atomic E-state index is 15.8. The molecule has 1 fully saturated rings. The number of methoxy groups -OCH3 is 1. The van der Waals surface area contributed by atoms with Crippen LogP contribution in [-0.2, 0) is 25.5 Å². The first-order chi connectivity index (χ1) is 19.6. The fourth-order valence-corrected chi connectivity index (χ4v) is 4.49. The number of esters is 1. The first-order valence-corrected chi connectivity index (χ1v) is 13.4. The zero-order valence-corrected chi connectivity index (χ0v) is 24.5. The van der Waals surface area contributed by atoms with E-state index in [9.17, 15) is 19.2 Å². The Bertz CT molecular complexity index is 1430. The molecule has 1 unspecified atom stereocenters. The van der Waals surface area contributed by atoms with Crippen LogP contribution in [-0.4, -0.2) is 65.6 Å². The van der Waals surface area contributed by atoms with Crippen LogP contribution in [0.5, 0.6) is 11.5 Å². The molecule has 2 heterocycles. The maximum Gasteiger partial charge on any atom is 0.330 e. The van der Waals surface area contributed by atoms with Crippen LogP contribution < -0.4 is 31.8 Å². The number of nitrogens with one attached hydrogen (secondary N) is 2. The average Bonchev–Trinajstić information content (AvgIpc) is 3.22. The first kappa shape index (κ1) is 30.8. The highest BCUT2D eigenvalue weighted by molar-refractivity contribution is 6.36. The van der Waals surface area contributed by atoms with E-state index in [-0.39, 0.29) is 40.1 Å². The van der Waals surface area contributed by atoms with Gasteiger partial charge in [0, 0.05) is 25.7 Å². The van der Waals surface area contributed by atoms with Crippen molar-refractivity contribution >= 4 is 35.1 Å². The molecule has 3 rings (SSSR count). The van der Waals surface area contributed by atoms with E-state index in [1.807, 2.05) is 0 Å². The number of hydrogen-bond acceptors (Lipinski definition) is 9. The van der Waals surface area contributed by atoms with Gasteiger partial charge < -0.3 is 30.0 Å². The van der Waals surface area contributed by atoms with Crippen molar-refractivity contribution in [2.24, 2.45) is 11.6 Å². The summed E-state index contributed by atoms with van der Waals surface area (Å²) in [6.45, 7) is 5.49. The number of aromatic amines is 1. The van der Waals surface area contributed by atoms with Crippen molar-refractivity contribution in [3.05, 3.63) is 54.8 Å². The molecule has 0 radical (unpaired) electrons. The number of hydrogen-bond donors (Lipinski definition) is 3. The molecule has 0 spiro atoms. The summed E-state index contributed by atoms with van der Waals surface area (Å²) in [7, 11) is 1.40. The smallest absolute Gasteiger partial charge is 0.330 e. The van der Waals surface area contributed by atoms with Crippen molar-refractivity contribution in [2.45, 2.75) is 70.9 Å². The molecule has 4 N–H and O–H groups in total.